The molecule has 8 nitrogen and oxygen atoms in total. The van der Waals surface area contributed by atoms with Crippen LogP contribution in [0, 0.1) is 0 Å². The summed E-state index contributed by atoms with van der Waals surface area (Å²) in [5.41, 5.74) is 3.84. The maximum atomic E-state index is 12.8. The summed E-state index contributed by atoms with van der Waals surface area (Å²) in [5, 5.41) is 3.00. The zero-order valence-electron chi connectivity index (χ0n) is 24.0. The molecule has 0 fully saturated rings. The Morgan fingerprint density at radius 1 is 0.925 bits per heavy atom. The normalized spacial score (nSPS) is 11.1. The van der Waals surface area contributed by atoms with E-state index in [0.717, 1.165) is 48.4 Å². The number of carbonyl (C=O) groups excluding carboxylic acids is 1. The molecule has 1 aromatic heterocycles. The molecule has 0 unspecified atom stereocenters. The molecule has 212 valence electrons. The molecule has 0 saturated carbocycles. The minimum atomic E-state index is -0.202. The molecule has 3 aromatic carbocycles. The molecular formula is C32H39N3O5. The summed E-state index contributed by atoms with van der Waals surface area (Å²) >= 11 is 0. The number of imidazole rings is 1. The second-order valence-electron chi connectivity index (χ2n) is 9.87. The van der Waals surface area contributed by atoms with Gasteiger partial charge < -0.3 is 28.8 Å². The van der Waals surface area contributed by atoms with Gasteiger partial charge in [-0.25, -0.2) is 4.98 Å². The van der Waals surface area contributed by atoms with Gasteiger partial charge in [-0.1, -0.05) is 38.1 Å². The Bertz CT molecular complexity index is 1390. The van der Waals surface area contributed by atoms with Gasteiger partial charge in [0.05, 0.1) is 39.0 Å². The first-order chi connectivity index (χ1) is 19.4. The molecule has 4 aromatic rings. The number of benzene rings is 3. The third-order valence-corrected chi connectivity index (χ3v) is 6.86. The van der Waals surface area contributed by atoms with Gasteiger partial charge in [0.15, 0.2) is 11.5 Å². The van der Waals surface area contributed by atoms with Crippen LogP contribution in [0.25, 0.3) is 11.0 Å². The van der Waals surface area contributed by atoms with Crippen molar-refractivity contribution in [3.05, 3.63) is 77.6 Å². The molecule has 0 spiro atoms. The highest BCUT2D eigenvalue weighted by atomic mass is 16.5. The number of hydrogen-bond acceptors (Lipinski definition) is 6. The fourth-order valence-electron chi connectivity index (χ4n) is 4.69. The van der Waals surface area contributed by atoms with Crippen molar-refractivity contribution in [2.75, 3.05) is 34.5 Å². The van der Waals surface area contributed by atoms with Gasteiger partial charge >= 0.3 is 0 Å². The first-order valence-corrected chi connectivity index (χ1v) is 13.7. The summed E-state index contributed by atoms with van der Waals surface area (Å²) in [6.45, 7) is 6.31. The van der Waals surface area contributed by atoms with Gasteiger partial charge in [-0.2, -0.15) is 0 Å². The number of rotatable bonds is 14. The molecule has 1 amide bonds. The molecule has 1 N–H and O–H groups in total. The number of carbonyl (C=O) groups is 1. The predicted octanol–water partition coefficient (Wildman–Crippen LogP) is 6.02. The van der Waals surface area contributed by atoms with Crippen molar-refractivity contribution in [2.24, 2.45) is 0 Å². The van der Waals surface area contributed by atoms with E-state index in [0.29, 0.717) is 41.9 Å². The van der Waals surface area contributed by atoms with Crippen molar-refractivity contribution in [3.63, 3.8) is 0 Å². The van der Waals surface area contributed by atoms with E-state index in [1.807, 2.05) is 30.3 Å². The molecule has 8 heteroatoms. The molecule has 40 heavy (non-hydrogen) atoms. The summed E-state index contributed by atoms with van der Waals surface area (Å²) in [6, 6.07) is 19.8. The van der Waals surface area contributed by atoms with Gasteiger partial charge in [0.25, 0.3) is 5.91 Å². The smallest absolute Gasteiger partial charge is 0.251 e. The zero-order chi connectivity index (χ0) is 28.5. The number of hydrogen-bond donors (Lipinski definition) is 1. The lowest BCUT2D eigenvalue weighted by molar-refractivity contribution is 0.0952. The summed E-state index contributed by atoms with van der Waals surface area (Å²) in [5.74, 6) is 3.54. The minimum absolute atomic E-state index is 0.202. The van der Waals surface area contributed by atoms with Crippen LogP contribution >= 0.6 is 0 Å². The van der Waals surface area contributed by atoms with Crippen LogP contribution in [0.15, 0.2) is 60.7 Å². The summed E-state index contributed by atoms with van der Waals surface area (Å²) in [7, 11) is 4.59. The van der Waals surface area contributed by atoms with E-state index in [1.54, 1.807) is 12.1 Å². The molecular weight excluding hydrogens is 506 g/mol. The summed E-state index contributed by atoms with van der Waals surface area (Å²) < 4.78 is 24.3. The molecule has 0 radical (unpaired) electrons. The molecule has 0 aliphatic heterocycles. The molecule has 0 aliphatic rings. The van der Waals surface area contributed by atoms with Gasteiger partial charge in [0.2, 0.25) is 5.75 Å². The van der Waals surface area contributed by atoms with Crippen LogP contribution in [0.1, 0.15) is 54.4 Å². The van der Waals surface area contributed by atoms with E-state index in [2.05, 4.69) is 41.9 Å². The Kier molecular flexibility index (Phi) is 9.89. The molecule has 0 aliphatic carbocycles. The van der Waals surface area contributed by atoms with E-state index in [1.165, 1.54) is 26.9 Å². The molecule has 1 heterocycles. The monoisotopic (exact) mass is 545 g/mol. The summed E-state index contributed by atoms with van der Waals surface area (Å²) in [4.78, 5) is 17.7. The fourth-order valence-corrected chi connectivity index (χ4v) is 4.69. The van der Waals surface area contributed by atoms with Gasteiger partial charge in [0, 0.05) is 25.1 Å². The Balaban J connectivity index is 1.33. The number of nitrogens with one attached hydrogen (secondary N) is 1. The first-order valence-electron chi connectivity index (χ1n) is 13.7. The van der Waals surface area contributed by atoms with E-state index < -0.39 is 0 Å². The lowest BCUT2D eigenvalue weighted by Gasteiger charge is -2.14. The largest absolute Gasteiger partial charge is 0.494 e. The number of nitrogens with zero attached hydrogens (tertiary/aromatic N) is 2. The molecule has 0 bridgehead atoms. The van der Waals surface area contributed by atoms with Crippen LogP contribution in [0.2, 0.25) is 0 Å². The number of ether oxygens (including phenoxy) is 4. The Hall–Kier alpha value is -4.20. The average molecular weight is 546 g/mol. The minimum Gasteiger partial charge on any atom is -0.494 e. The van der Waals surface area contributed by atoms with E-state index in [4.69, 9.17) is 23.9 Å². The maximum Gasteiger partial charge on any atom is 0.251 e. The quantitative estimate of drug-likeness (QED) is 0.195. The van der Waals surface area contributed by atoms with Crippen LogP contribution in [-0.4, -0.2) is 49.9 Å². The summed E-state index contributed by atoms with van der Waals surface area (Å²) in [6.07, 6.45) is 2.34. The lowest BCUT2D eigenvalue weighted by Crippen LogP contribution is -2.25. The Labute approximate surface area is 236 Å². The molecule has 0 saturated heterocycles. The van der Waals surface area contributed by atoms with Crippen LogP contribution in [0.4, 0.5) is 0 Å². The predicted molar refractivity (Wildman–Crippen MR) is 157 cm³/mol. The number of methoxy groups -OCH3 is 3. The lowest BCUT2D eigenvalue weighted by atomic mass is 10.0. The number of fused-ring (bicyclic) bond motifs is 1. The number of aromatic nitrogens is 2. The average Bonchev–Trinajstić information content (AvgIpc) is 3.33. The van der Waals surface area contributed by atoms with Crippen LogP contribution in [-0.2, 0) is 13.0 Å². The van der Waals surface area contributed by atoms with Gasteiger partial charge in [0.1, 0.15) is 11.6 Å². The third-order valence-electron chi connectivity index (χ3n) is 6.86. The fraction of sp³-hybridized carbons (Fsp3) is 0.375. The maximum absolute atomic E-state index is 12.8. The first kappa shape index (κ1) is 28.8. The van der Waals surface area contributed by atoms with Crippen molar-refractivity contribution >= 4 is 16.9 Å². The Morgan fingerprint density at radius 3 is 2.27 bits per heavy atom. The van der Waals surface area contributed by atoms with Crippen LogP contribution in [0.5, 0.6) is 23.0 Å². The number of para-hydroxylation sites is 2. The SMILES string of the molecule is COc1cc(C(=O)NCCCc2nc3ccccc3n2CCCOc2ccc(C(C)C)cc2)cc(OC)c1OC. The topological polar surface area (TPSA) is 83.8 Å². The van der Waals surface area contributed by atoms with Gasteiger partial charge in [-0.05, 0) is 60.7 Å². The second kappa shape index (κ2) is 13.7. The van der Waals surface area contributed by atoms with E-state index in [9.17, 15) is 4.79 Å². The third kappa shape index (κ3) is 6.86. The Morgan fingerprint density at radius 2 is 1.62 bits per heavy atom. The highest BCUT2D eigenvalue weighted by molar-refractivity contribution is 5.95. The highest BCUT2D eigenvalue weighted by Crippen LogP contribution is 2.38. The molecule has 0 atom stereocenters. The second-order valence-corrected chi connectivity index (χ2v) is 9.87. The van der Waals surface area contributed by atoms with Crippen molar-refractivity contribution < 1.29 is 23.7 Å². The van der Waals surface area contributed by atoms with E-state index in [-0.39, 0.29) is 5.91 Å². The number of aryl methyl sites for hydroxylation is 2. The van der Waals surface area contributed by atoms with Gasteiger partial charge in [-0.3, -0.25) is 4.79 Å². The van der Waals surface area contributed by atoms with Crippen molar-refractivity contribution in [3.8, 4) is 23.0 Å². The standard InChI is InChI=1S/C32H39N3O5/c1-22(2)23-13-15-25(16-14-23)40-19-9-18-35-27-11-7-6-10-26(27)34-30(35)12-8-17-33-32(36)24-20-28(37-3)31(39-5)29(21-24)38-4/h6-7,10-11,13-16,20-22H,8-9,12,17-19H2,1-5H3,(H,33,36). The van der Waals surface area contributed by atoms with Crippen LogP contribution < -0.4 is 24.3 Å². The van der Waals surface area contributed by atoms with Crippen molar-refractivity contribution in [2.45, 2.75) is 45.6 Å². The van der Waals surface area contributed by atoms with Crippen molar-refractivity contribution in [1.29, 1.82) is 0 Å². The highest BCUT2D eigenvalue weighted by Gasteiger charge is 2.17. The molecule has 4 rings (SSSR count). The van der Waals surface area contributed by atoms with Crippen LogP contribution in [0.3, 0.4) is 0 Å². The zero-order valence-corrected chi connectivity index (χ0v) is 24.0. The van der Waals surface area contributed by atoms with E-state index >= 15 is 0 Å². The van der Waals surface area contributed by atoms with Gasteiger partial charge in [-0.15, -0.1) is 0 Å². The van der Waals surface area contributed by atoms with Crippen molar-refractivity contribution in [1.82, 2.24) is 14.9 Å². The number of amides is 1.